The molecule has 0 unspecified atom stereocenters. The van der Waals surface area contributed by atoms with Crippen molar-refractivity contribution in [3.8, 4) is 6.01 Å². The Bertz CT molecular complexity index is 981. The Hall–Kier alpha value is -2.61. The molecule has 1 amide bonds. The summed E-state index contributed by atoms with van der Waals surface area (Å²) < 4.78 is 36.7. The van der Waals surface area contributed by atoms with E-state index in [1.54, 1.807) is 23.9 Å². The third-order valence-electron chi connectivity index (χ3n) is 2.65. The van der Waals surface area contributed by atoms with Crippen molar-refractivity contribution in [3.63, 3.8) is 0 Å². The van der Waals surface area contributed by atoms with Crippen LogP contribution in [0.2, 0.25) is 0 Å². The van der Waals surface area contributed by atoms with Crippen LogP contribution in [-0.2, 0) is 17.3 Å². The average molecular weight is 392 g/mol. The van der Waals surface area contributed by atoms with Crippen LogP contribution in [0, 0.1) is 0 Å². The van der Waals surface area contributed by atoms with Gasteiger partial charge in [0.15, 0.2) is 0 Å². The summed E-state index contributed by atoms with van der Waals surface area (Å²) in [6.07, 6.45) is 1.47. The first-order chi connectivity index (χ1) is 11.8. The first-order valence-corrected chi connectivity index (χ1v) is 9.32. The van der Waals surface area contributed by atoms with Crippen LogP contribution in [0.3, 0.4) is 0 Å². The summed E-state index contributed by atoms with van der Waals surface area (Å²) >= 11 is 0.988. The van der Waals surface area contributed by atoms with E-state index in [0.717, 1.165) is 20.6 Å². The van der Waals surface area contributed by atoms with Crippen LogP contribution in [0.25, 0.3) is 0 Å². The van der Waals surface area contributed by atoms with E-state index in [0.29, 0.717) is 11.3 Å². The number of nitrogens with zero attached hydrogens (tertiary/aromatic N) is 5. The lowest BCUT2D eigenvalue weighted by Crippen LogP contribution is -2.40. The Labute approximate surface area is 146 Å². The molecule has 0 bridgehead atoms. The van der Waals surface area contributed by atoms with Crippen LogP contribution in [-0.4, -0.2) is 46.7 Å². The molecule has 0 fully saturated rings. The third-order valence-corrected chi connectivity index (χ3v) is 4.35. The normalized spacial score (nSPS) is 12.2. The van der Waals surface area contributed by atoms with Crippen LogP contribution in [0.5, 0.6) is 6.01 Å². The van der Waals surface area contributed by atoms with Crippen LogP contribution >= 0.6 is 11.3 Å². The van der Waals surface area contributed by atoms with Gasteiger partial charge in [0, 0.05) is 12.4 Å². The molecular weight excluding hydrogens is 376 g/mol. The van der Waals surface area contributed by atoms with E-state index in [-0.39, 0.29) is 17.4 Å². The van der Waals surface area contributed by atoms with Gasteiger partial charge < -0.3 is 9.57 Å². The molecule has 0 saturated carbocycles. The van der Waals surface area contributed by atoms with Gasteiger partial charge in [0.25, 0.3) is 0 Å². The van der Waals surface area contributed by atoms with Gasteiger partial charge in [-0.3, -0.25) is 0 Å². The predicted octanol–water partition coefficient (Wildman–Crippen LogP) is -1.30. The Morgan fingerprint density at radius 3 is 2.76 bits per heavy atom. The number of thiazole rings is 1. The molecule has 2 heterocycles. The van der Waals surface area contributed by atoms with E-state index in [9.17, 15) is 18.0 Å². The molecule has 0 atom stereocenters. The number of ether oxygens (including phenoxy) is 1. The Balaban J connectivity index is 2.29. The highest BCUT2D eigenvalue weighted by molar-refractivity contribution is 7.88. The maximum Gasteiger partial charge on any atom is 0.361 e. The Kier molecular flexibility index (Phi) is 5.63. The molecule has 2 rings (SSSR count). The summed E-state index contributed by atoms with van der Waals surface area (Å²) in [7, 11) is -3.11. The highest BCUT2D eigenvalue weighted by Crippen LogP contribution is 2.00. The van der Waals surface area contributed by atoms with E-state index in [2.05, 4.69) is 9.50 Å². The SMILES string of the molecule is CCOc1nn(C(=O)NS(=O)(=O)N=c2sccn2OCC)c(=O)n1C. The molecule has 138 valence electrons. The standard InChI is InChI=1S/C11H16N6O6S2/c1-4-22-9-12-17(11(19)15(9)3)8(18)13-25(20,21)14-10-16(23-5-2)6-7-24-10/h6-7H,4-5H2,1-3H3,(H,13,18). The van der Waals surface area contributed by atoms with Crippen LogP contribution < -0.4 is 24.8 Å². The van der Waals surface area contributed by atoms with Crippen molar-refractivity contribution in [1.82, 2.24) is 23.8 Å². The molecule has 0 saturated heterocycles. The fraction of sp³-hybridized carbons (Fsp3) is 0.455. The van der Waals surface area contributed by atoms with Crippen molar-refractivity contribution >= 4 is 27.6 Å². The van der Waals surface area contributed by atoms with Gasteiger partial charge in [0.05, 0.1) is 12.8 Å². The minimum absolute atomic E-state index is 0.00877. The second kappa shape index (κ2) is 7.52. The topological polar surface area (TPSA) is 139 Å². The zero-order valence-electron chi connectivity index (χ0n) is 13.6. The zero-order valence-corrected chi connectivity index (χ0v) is 15.2. The molecule has 0 aromatic carbocycles. The largest absolute Gasteiger partial charge is 0.464 e. The Morgan fingerprint density at radius 1 is 1.40 bits per heavy atom. The maximum atomic E-state index is 12.0. The highest BCUT2D eigenvalue weighted by Gasteiger charge is 2.21. The van der Waals surface area contributed by atoms with Gasteiger partial charge in [-0.2, -0.15) is 13.1 Å². The van der Waals surface area contributed by atoms with Gasteiger partial charge in [0.1, 0.15) is 6.61 Å². The molecule has 0 spiro atoms. The summed E-state index contributed by atoms with van der Waals surface area (Å²) in [5.41, 5.74) is -0.864. The zero-order chi connectivity index (χ0) is 18.6. The van der Waals surface area contributed by atoms with Crippen molar-refractivity contribution in [2.45, 2.75) is 13.8 Å². The molecule has 25 heavy (non-hydrogen) atoms. The number of hydrogen-bond donors (Lipinski definition) is 1. The molecule has 0 radical (unpaired) electrons. The molecule has 2 aromatic rings. The van der Waals surface area contributed by atoms with Crippen molar-refractivity contribution < 1.29 is 22.8 Å². The number of carbonyl (C=O) groups excluding carboxylic acids is 1. The number of nitrogens with one attached hydrogen (secondary N) is 1. The summed E-state index contributed by atoms with van der Waals surface area (Å²) in [6.45, 7) is 3.89. The monoisotopic (exact) mass is 392 g/mol. The lowest BCUT2D eigenvalue weighted by atomic mass is 10.8. The van der Waals surface area contributed by atoms with Gasteiger partial charge in [-0.05, 0) is 13.8 Å². The molecule has 0 aliphatic carbocycles. The van der Waals surface area contributed by atoms with E-state index < -0.39 is 21.9 Å². The summed E-state index contributed by atoms with van der Waals surface area (Å²) in [4.78, 5) is 29.1. The smallest absolute Gasteiger partial charge is 0.361 e. The van der Waals surface area contributed by atoms with Gasteiger partial charge in [0.2, 0.25) is 4.80 Å². The van der Waals surface area contributed by atoms with Gasteiger partial charge in [-0.1, -0.05) is 0 Å². The summed E-state index contributed by atoms with van der Waals surface area (Å²) in [5, 5.41) is 5.19. The number of rotatable bonds is 6. The first kappa shape index (κ1) is 18.7. The molecule has 0 aliphatic heterocycles. The fourth-order valence-electron chi connectivity index (χ4n) is 1.65. The van der Waals surface area contributed by atoms with Crippen LogP contribution in [0.15, 0.2) is 20.8 Å². The lowest BCUT2D eigenvalue weighted by Gasteiger charge is -2.03. The van der Waals surface area contributed by atoms with E-state index in [1.165, 1.54) is 13.2 Å². The van der Waals surface area contributed by atoms with E-state index >= 15 is 0 Å². The molecule has 14 heteroatoms. The lowest BCUT2D eigenvalue weighted by molar-refractivity contribution is 0.116. The van der Waals surface area contributed by atoms with E-state index in [4.69, 9.17) is 9.57 Å². The summed E-state index contributed by atoms with van der Waals surface area (Å²) in [6, 6.07) is -1.40. The first-order valence-electron chi connectivity index (χ1n) is 7.00. The number of amides is 1. The quantitative estimate of drug-likeness (QED) is 0.644. The number of aromatic nitrogens is 4. The minimum Gasteiger partial charge on any atom is -0.464 e. The van der Waals surface area contributed by atoms with Gasteiger partial charge in [-0.15, -0.1) is 25.5 Å². The van der Waals surface area contributed by atoms with Crippen LogP contribution in [0.1, 0.15) is 13.8 Å². The van der Waals surface area contributed by atoms with Gasteiger partial charge >= 0.3 is 27.9 Å². The number of carbonyl (C=O) groups is 1. The second-order valence-electron chi connectivity index (χ2n) is 4.37. The predicted molar refractivity (Wildman–Crippen MR) is 86.5 cm³/mol. The molecule has 12 nitrogen and oxygen atoms in total. The third kappa shape index (κ3) is 4.27. The minimum atomic E-state index is -4.44. The van der Waals surface area contributed by atoms with Gasteiger partial charge in [-0.25, -0.2) is 18.9 Å². The molecule has 0 aliphatic rings. The average Bonchev–Trinajstić information content (AvgIpc) is 3.06. The summed E-state index contributed by atoms with van der Waals surface area (Å²) in [5.74, 6) is 0. The fourth-order valence-corrected chi connectivity index (χ4v) is 3.26. The van der Waals surface area contributed by atoms with Crippen molar-refractivity contribution in [2.24, 2.45) is 11.4 Å². The van der Waals surface area contributed by atoms with Crippen molar-refractivity contribution in [2.75, 3.05) is 13.2 Å². The maximum absolute atomic E-state index is 12.0. The van der Waals surface area contributed by atoms with Crippen LogP contribution in [0.4, 0.5) is 4.79 Å². The Morgan fingerprint density at radius 2 is 2.12 bits per heavy atom. The van der Waals surface area contributed by atoms with Crippen molar-refractivity contribution in [1.29, 1.82) is 0 Å². The molecular formula is C11H16N6O6S2. The molecule has 1 N–H and O–H groups in total. The van der Waals surface area contributed by atoms with Crippen molar-refractivity contribution in [3.05, 3.63) is 26.9 Å². The number of hydrogen-bond acceptors (Lipinski definition) is 8. The molecule has 2 aromatic heterocycles. The van der Waals surface area contributed by atoms with E-state index in [1.807, 2.05) is 0 Å². The highest BCUT2D eigenvalue weighted by atomic mass is 32.2. The second-order valence-corrected chi connectivity index (χ2v) is 6.58.